The van der Waals surface area contributed by atoms with Crippen LogP contribution in [0, 0.1) is 11.8 Å². The topological polar surface area (TPSA) is 87.2 Å². The number of carbonyl (C=O) groups is 2. The second-order valence-electron chi connectivity index (χ2n) is 11.7. The number of pyridine rings is 1. The summed E-state index contributed by atoms with van der Waals surface area (Å²) in [5, 5.41) is 3.51. The summed E-state index contributed by atoms with van der Waals surface area (Å²) >= 11 is 0. The Morgan fingerprint density at radius 2 is 1.89 bits per heavy atom. The van der Waals surface area contributed by atoms with Crippen molar-refractivity contribution in [3.05, 3.63) is 47.7 Å². The van der Waals surface area contributed by atoms with Crippen molar-refractivity contribution in [2.24, 2.45) is 11.8 Å². The van der Waals surface area contributed by atoms with Crippen molar-refractivity contribution >= 4 is 23.4 Å². The van der Waals surface area contributed by atoms with Crippen molar-refractivity contribution < 1.29 is 19.1 Å². The monoisotopic (exact) mass is 521 g/mol. The van der Waals surface area contributed by atoms with Gasteiger partial charge in [0.05, 0.1) is 18.9 Å². The lowest BCUT2D eigenvalue weighted by atomic mass is 10.0. The van der Waals surface area contributed by atoms with Gasteiger partial charge in [-0.15, -0.1) is 0 Å². The minimum absolute atomic E-state index is 0.244. The molecule has 3 amide bonds. The van der Waals surface area contributed by atoms with Crippen molar-refractivity contribution in [2.75, 3.05) is 50.7 Å². The molecule has 1 aromatic carbocycles. The molecule has 204 valence electrons. The quantitative estimate of drug-likeness (QED) is 0.474. The Bertz CT molecular complexity index is 1200. The Labute approximate surface area is 225 Å². The highest BCUT2D eigenvalue weighted by atomic mass is 16.5. The zero-order chi connectivity index (χ0) is 27.2. The van der Waals surface area contributed by atoms with Crippen LogP contribution in [-0.4, -0.2) is 78.8 Å². The molecule has 1 aromatic heterocycles. The molecule has 1 N–H and O–H groups in total. The maximum atomic E-state index is 13.7. The summed E-state index contributed by atoms with van der Waals surface area (Å²) in [7, 11) is 3.99. The van der Waals surface area contributed by atoms with E-state index < -0.39 is 5.54 Å². The summed E-state index contributed by atoms with van der Waals surface area (Å²) in [5.41, 5.74) is 1.50. The van der Waals surface area contributed by atoms with E-state index in [4.69, 9.17) is 9.47 Å². The molecule has 1 saturated carbocycles. The highest BCUT2D eigenvalue weighted by Gasteiger charge is 2.54. The van der Waals surface area contributed by atoms with Crippen molar-refractivity contribution in [3.63, 3.8) is 0 Å². The van der Waals surface area contributed by atoms with Gasteiger partial charge < -0.3 is 24.6 Å². The van der Waals surface area contributed by atoms with Crippen molar-refractivity contribution in [1.29, 1.82) is 0 Å². The molecule has 38 heavy (non-hydrogen) atoms. The molecule has 3 fully saturated rings. The number of hydrogen-bond acceptors (Lipinski definition) is 7. The van der Waals surface area contributed by atoms with E-state index in [0.29, 0.717) is 42.5 Å². The maximum absolute atomic E-state index is 13.7. The Morgan fingerprint density at radius 3 is 2.58 bits per heavy atom. The van der Waals surface area contributed by atoms with Crippen LogP contribution in [0.5, 0.6) is 5.75 Å². The van der Waals surface area contributed by atoms with Gasteiger partial charge in [0.15, 0.2) is 0 Å². The Morgan fingerprint density at radius 1 is 1.16 bits per heavy atom. The number of ether oxygens (including phenoxy) is 2. The fourth-order valence-electron chi connectivity index (χ4n) is 5.39. The van der Waals surface area contributed by atoms with E-state index in [-0.39, 0.29) is 17.9 Å². The summed E-state index contributed by atoms with van der Waals surface area (Å²) in [4.78, 5) is 36.7. The minimum Gasteiger partial charge on any atom is -0.492 e. The molecule has 0 bridgehead atoms. The number of urea groups is 1. The average Bonchev–Trinajstić information content (AvgIpc) is 3.19. The number of benzene rings is 1. The minimum atomic E-state index is -0.999. The summed E-state index contributed by atoms with van der Waals surface area (Å²) in [6, 6.07) is 9.55. The van der Waals surface area contributed by atoms with Crippen LogP contribution in [-0.2, 0) is 16.1 Å². The first-order chi connectivity index (χ1) is 18.1. The van der Waals surface area contributed by atoms with Gasteiger partial charge >= 0.3 is 6.03 Å². The number of nitrogens with one attached hydrogen (secondary N) is 1. The second-order valence-corrected chi connectivity index (χ2v) is 11.7. The Kier molecular flexibility index (Phi) is 7.09. The molecular weight excluding hydrogens is 482 g/mol. The van der Waals surface area contributed by atoms with Gasteiger partial charge in [-0.1, -0.05) is 19.9 Å². The lowest BCUT2D eigenvalue weighted by Gasteiger charge is -2.27. The molecule has 9 heteroatoms. The standard InChI is InChI=1S/C29H39N5O4/c1-18(2)21-8-7-20(14-24(21)38-12-11-32(5)6)34-27(35)29(3,4)33(28(34)36)15-19-9-10-30-25(13-19)31-26-22-16-37-17-23(22)26/h7-10,13-14,18,22-23,26H,11-12,15-17H2,1-6H3,(H,30,31)/t22-,23+,26?. The summed E-state index contributed by atoms with van der Waals surface area (Å²) < 4.78 is 11.6. The van der Waals surface area contributed by atoms with Crippen LogP contribution in [0.4, 0.5) is 16.3 Å². The Hall–Kier alpha value is -3.17. The van der Waals surface area contributed by atoms with Gasteiger partial charge in [-0.2, -0.15) is 0 Å². The normalized spacial score (nSPS) is 23.9. The van der Waals surface area contributed by atoms with Crippen LogP contribution >= 0.6 is 0 Å². The first-order valence-corrected chi connectivity index (χ1v) is 13.4. The summed E-state index contributed by atoms with van der Waals surface area (Å²) in [6.45, 7) is 11.0. The van der Waals surface area contributed by atoms with Gasteiger partial charge in [0.1, 0.15) is 23.7 Å². The number of aromatic nitrogens is 1. The summed E-state index contributed by atoms with van der Waals surface area (Å²) in [6.07, 6.45) is 1.75. The molecule has 3 atom stereocenters. The van der Waals surface area contributed by atoms with Crippen LogP contribution in [0.15, 0.2) is 36.5 Å². The maximum Gasteiger partial charge on any atom is 0.332 e. The molecule has 5 rings (SSSR count). The number of carbonyl (C=O) groups excluding carboxylic acids is 2. The number of likely N-dealkylation sites (N-methyl/N-ethyl adjacent to an activating group) is 1. The van der Waals surface area contributed by atoms with E-state index in [9.17, 15) is 9.59 Å². The highest BCUT2D eigenvalue weighted by molar-refractivity contribution is 6.23. The number of rotatable bonds is 10. The third-order valence-electron chi connectivity index (χ3n) is 7.93. The van der Waals surface area contributed by atoms with E-state index in [1.54, 1.807) is 24.9 Å². The SMILES string of the molecule is CC(C)c1ccc(N2C(=O)N(Cc3ccnc(NC4[C@H]5COC[C@@H]45)c3)C(C)(C)C2=O)cc1OCCN(C)C. The highest BCUT2D eigenvalue weighted by Crippen LogP contribution is 2.46. The van der Waals surface area contributed by atoms with Crippen LogP contribution in [0.2, 0.25) is 0 Å². The molecule has 0 radical (unpaired) electrons. The predicted octanol–water partition coefficient (Wildman–Crippen LogP) is 3.95. The third-order valence-corrected chi connectivity index (χ3v) is 7.93. The first kappa shape index (κ1) is 26.4. The number of anilines is 2. The smallest absolute Gasteiger partial charge is 0.332 e. The van der Waals surface area contributed by atoms with Gasteiger partial charge in [-0.3, -0.25) is 4.79 Å². The predicted molar refractivity (Wildman–Crippen MR) is 147 cm³/mol. The van der Waals surface area contributed by atoms with Crippen molar-refractivity contribution in [3.8, 4) is 5.75 Å². The number of hydrogen-bond donors (Lipinski definition) is 1. The fourth-order valence-corrected chi connectivity index (χ4v) is 5.39. The largest absolute Gasteiger partial charge is 0.492 e. The first-order valence-electron chi connectivity index (χ1n) is 13.4. The molecule has 3 heterocycles. The lowest BCUT2D eigenvalue weighted by Crippen LogP contribution is -2.43. The van der Waals surface area contributed by atoms with E-state index in [2.05, 4.69) is 29.0 Å². The molecule has 3 aliphatic rings. The van der Waals surface area contributed by atoms with Gasteiger partial charge in [0.25, 0.3) is 5.91 Å². The molecule has 1 aliphatic carbocycles. The number of nitrogens with zero attached hydrogens (tertiary/aromatic N) is 4. The van der Waals surface area contributed by atoms with Crippen molar-refractivity contribution in [1.82, 2.24) is 14.8 Å². The zero-order valence-corrected chi connectivity index (χ0v) is 23.2. The molecule has 2 aromatic rings. The van der Waals surface area contributed by atoms with E-state index in [1.807, 2.05) is 44.4 Å². The van der Waals surface area contributed by atoms with E-state index >= 15 is 0 Å². The van der Waals surface area contributed by atoms with Crippen LogP contribution in [0.3, 0.4) is 0 Å². The molecule has 2 aliphatic heterocycles. The number of fused-ring (bicyclic) bond motifs is 1. The lowest BCUT2D eigenvalue weighted by molar-refractivity contribution is -0.123. The van der Waals surface area contributed by atoms with Gasteiger partial charge in [-0.05, 0) is 63.2 Å². The molecule has 9 nitrogen and oxygen atoms in total. The van der Waals surface area contributed by atoms with Gasteiger partial charge in [0, 0.05) is 43.2 Å². The van der Waals surface area contributed by atoms with Gasteiger partial charge in [0.2, 0.25) is 0 Å². The average molecular weight is 522 g/mol. The van der Waals surface area contributed by atoms with Crippen LogP contribution in [0.1, 0.15) is 44.7 Å². The Balaban J connectivity index is 1.35. The molecule has 0 spiro atoms. The zero-order valence-electron chi connectivity index (χ0n) is 23.2. The third kappa shape index (κ3) is 4.97. The van der Waals surface area contributed by atoms with E-state index in [1.165, 1.54) is 4.90 Å². The van der Waals surface area contributed by atoms with Crippen LogP contribution < -0.4 is 15.0 Å². The fraction of sp³-hybridized carbons (Fsp3) is 0.552. The van der Waals surface area contributed by atoms with E-state index in [0.717, 1.165) is 36.7 Å². The molecule has 2 saturated heterocycles. The number of imide groups is 1. The molecular formula is C29H39N5O4. The molecule has 1 unspecified atom stereocenters. The number of amides is 3. The van der Waals surface area contributed by atoms with Crippen molar-refractivity contribution in [2.45, 2.75) is 51.7 Å². The van der Waals surface area contributed by atoms with Gasteiger partial charge in [-0.25, -0.2) is 14.7 Å². The second kappa shape index (κ2) is 10.2. The summed E-state index contributed by atoms with van der Waals surface area (Å²) in [5.74, 6) is 2.61. The van der Waals surface area contributed by atoms with Crippen LogP contribution in [0.25, 0.3) is 0 Å².